The van der Waals surface area contributed by atoms with Crippen molar-refractivity contribution < 1.29 is 0 Å². The average molecular weight is 753 g/mol. The quantitative estimate of drug-likeness (QED) is 0.169. The van der Waals surface area contributed by atoms with Crippen molar-refractivity contribution >= 4 is 21.5 Å². The number of fused-ring (bicyclic) bond motifs is 5. The Morgan fingerprint density at radius 1 is 0.322 bits per heavy atom. The molecule has 59 heavy (non-hydrogen) atoms. The summed E-state index contributed by atoms with van der Waals surface area (Å²) in [5.74, 6) is 0.706. The van der Waals surface area contributed by atoms with Gasteiger partial charge in [-0.15, -0.1) is 0 Å². The summed E-state index contributed by atoms with van der Waals surface area (Å²) in [6.07, 6.45) is 0. The first-order chi connectivity index (χ1) is 29.0. The summed E-state index contributed by atoms with van der Waals surface area (Å²) in [5, 5.41) is 4.80. The Morgan fingerprint density at radius 3 is 1.42 bits per heavy atom. The van der Waals surface area contributed by atoms with E-state index in [0.29, 0.717) is 5.82 Å². The normalized spacial score (nSPS) is 12.7. The fourth-order valence-corrected chi connectivity index (χ4v) is 9.22. The van der Waals surface area contributed by atoms with Crippen LogP contribution in [0, 0.1) is 0 Å². The highest BCUT2D eigenvalue weighted by Crippen LogP contribution is 2.54. The second-order valence-electron chi connectivity index (χ2n) is 16.2. The van der Waals surface area contributed by atoms with E-state index < -0.39 is 0 Å². The van der Waals surface area contributed by atoms with E-state index in [9.17, 15) is 0 Å². The zero-order valence-electron chi connectivity index (χ0n) is 33.0. The molecule has 2 nitrogen and oxygen atoms in total. The van der Waals surface area contributed by atoms with Gasteiger partial charge in [0.15, 0.2) is 5.82 Å². The first-order valence-corrected chi connectivity index (χ1v) is 20.4. The van der Waals surface area contributed by atoms with Crippen LogP contribution in [0.2, 0.25) is 0 Å². The molecule has 0 saturated carbocycles. The molecule has 11 rings (SSSR count). The smallest absolute Gasteiger partial charge is 0.161 e. The molecule has 1 aliphatic rings. The van der Waals surface area contributed by atoms with Gasteiger partial charge in [-0.25, -0.2) is 9.97 Å². The van der Waals surface area contributed by atoms with Crippen LogP contribution >= 0.6 is 0 Å². The van der Waals surface area contributed by atoms with Crippen LogP contribution in [0.3, 0.4) is 0 Å². The summed E-state index contributed by atoms with van der Waals surface area (Å²) in [6.45, 7) is 4.73. The Balaban J connectivity index is 1.14. The molecule has 1 aromatic heterocycles. The fraction of sp³-hybridized carbons (Fsp3) is 0.0526. The molecule has 0 unspecified atom stereocenters. The highest BCUT2D eigenvalue weighted by atomic mass is 14.9. The zero-order chi connectivity index (χ0) is 39.5. The van der Waals surface area contributed by atoms with Crippen molar-refractivity contribution in [3.8, 4) is 78.4 Å². The van der Waals surface area contributed by atoms with Gasteiger partial charge in [0.2, 0.25) is 0 Å². The molecule has 0 aliphatic heterocycles. The predicted octanol–water partition coefficient (Wildman–Crippen LogP) is 15.1. The minimum absolute atomic E-state index is 0.164. The van der Waals surface area contributed by atoms with Gasteiger partial charge in [0, 0.05) is 22.1 Å². The van der Waals surface area contributed by atoms with Crippen molar-refractivity contribution in [2.24, 2.45) is 0 Å². The molecule has 0 spiro atoms. The van der Waals surface area contributed by atoms with Gasteiger partial charge >= 0.3 is 0 Å². The van der Waals surface area contributed by atoms with Crippen LogP contribution in [0.15, 0.2) is 206 Å². The molecule has 278 valence electrons. The Bertz CT molecular complexity index is 3100. The molecule has 0 N–H and O–H groups in total. The van der Waals surface area contributed by atoms with E-state index in [0.717, 1.165) is 44.4 Å². The Kier molecular flexibility index (Phi) is 8.20. The fourth-order valence-electron chi connectivity index (χ4n) is 9.22. The van der Waals surface area contributed by atoms with Gasteiger partial charge in [0.05, 0.1) is 11.4 Å². The second kappa shape index (κ2) is 13.9. The van der Waals surface area contributed by atoms with Crippen LogP contribution in [0.5, 0.6) is 0 Å². The van der Waals surface area contributed by atoms with Crippen LogP contribution in [-0.4, -0.2) is 9.97 Å². The first kappa shape index (κ1) is 34.8. The SMILES string of the molecule is CC1(C)c2cc3ccccc3cc2-c2c(-c3ccc4ccccc4c3-c3nc(-c4ccc(-c5ccccc5)cc4)cc(-c4ccc(-c5ccccc5)cc4)n3)cccc21. The molecule has 1 heterocycles. The summed E-state index contributed by atoms with van der Waals surface area (Å²) in [6, 6.07) is 74.3. The van der Waals surface area contributed by atoms with Crippen molar-refractivity contribution in [1.29, 1.82) is 0 Å². The number of aromatic nitrogens is 2. The highest BCUT2D eigenvalue weighted by Gasteiger charge is 2.37. The van der Waals surface area contributed by atoms with Crippen LogP contribution < -0.4 is 0 Å². The number of hydrogen-bond acceptors (Lipinski definition) is 2. The topological polar surface area (TPSA) is 25.8 Å². The molecule has 1 aliphatic carbocycles. The lowest BCUT2D eigenvalue weighted by atomic mass is 9.81. The highest BCUT2D eigenvalue weighted by molar-refractivity contribution is 6.07. The molecule has 10 aromatic rings. The molecule has 0 amide bonds. The summed E-state index contributed by atoms with van der Waals surface area (Å²) < 4.78 is 0. The van der Waals surface area contributed by atoms with Gasteiger partial charge in [0.1, 0.15) is 0 Å². The summed E-state index contributed by atoms with van der Waals surface area (Å²) in [7, 11) is 0. The third-order valence-corrected chi connectivity index (χ3v) is 12.3. The Morgan fingerprint density at radius 2 is 0.814 bits per heavy atom. The standard InChI is InChI=1S/C57H40N2/c1-57(2)50-23-13-22-47(54(50)49-34-44-19-9-10-20-45(44)35-51(49)57)48-33-32-41-18-11-12-21-46(41)55(48)56-58-52(42-28-24-39(25-29-42)37-14-5-3-6-15-37)36-53(59-56)43-30-26-40(27-31-43)38-16-7-4-8-17-38/h3-36H,1-2H3. The first-order valence-electron chi connectivity index (χ1n) is 20.4. The number of rotatable bonds is 6. The van der Waals surface area contributed by atoms with E-state index >= 15 is 0 Å². The van der Waals surface area contributed by atoms with Crippen molar-refractivity contribution in [3.63, 3.8) is 0 Å². The van der Waals surface area contributed by atoms with Gasteiger partial charge in [-0.2, -0.15) is 0 Å². The lowest BCUT2D eigenvalue weighted by Crippen LogP contribution is -2.14. The zero-order valence-corrected chi connectivity index (χ0v) is 33.0. The molecule has 0 saturated heterocycles. The summed E-state index contributed by atoms with van der Waals surface area (Å²) in [4.78, 5) is 11.0. The van der Waals surface area contributed by atoms with E-state index in [2.05, 4.69) is 220 Å². The second-order valence-corrected chi connectivity index (χ2v) is 16.2. The number of benzene rings is 9. The minimum atomic E-state index is -0.164. The molecular weight excluding hydrogens is 713 g/mol. The van der Waals surface area contributed by atoms with Crippen LogP contribution in [0.4, 0.5) is 0 Å². The largest absolute Gasteiger partial charge is 0.228 e. The lowest BCUT2D eigenvalue weighted by Gasteiger charge is -2.22. The Hall–Kier alpha value is -7.42. The number of hydrogen-bond donors (Lipinski definition) is 0. The van der Waals surface area contributed by atoms with Gasteiger partial charge < -0.3 is 0 Å². The van der Waals surface area contributed by atoms with Crippen molar-refractivity contribution in [2.45, 2.75) is 19.3 Å². The van der Waals surface area contributed by atoms with Gasteiger partial charge in [-0.3, -0.25) is 0 Å². The molecule has 0 radical (unpaired) electrons. The van der Waals surface area contributed by atoms with Crippen LogP contribution in [0.1, 0.15) is 25.0 Å². The van der Waals surface area contributed by atoms with Crippen LogP contribution in [0.25, 0.3) is 100.0 Å². The van der Waals surface area contributed by atoms with Gasteiger partial charge in [-0.1, -0.05) is 202 Å². The maximum atomic E-state index is 5.50. The maximum absolute atomic E-state index is 5.50. The van der Waals surface area contributed by atoms with Crippen molar-refractivity contribution in [2.75, 3.05) is 0 Å². The van der Waals surface area contributed by atoms with E-state index in [-0.39, 0.29) is 5.41 Å². The lowest BCUT2D eigenvalue weighted by molar-refractivity contribution is 0.661. The third-order valence-electron chi connectivity index (χ3n) is 12.3. The molecule has 9 aromatic carbocycles. The Labute approximate surface area is 345 Å². The molecule has 0 bridgehead atoms. The van der Waals surface area contributed by atoms with E-state index in [1.807, 2.05) is 0 Å². The van der Waals surface area contributed by atoms with Gasteiger partial charge in [0.25, 0.3) is 0 Å². The molecular formula is C57H40N2. The van der Waals surface area contributed by atoms with E-state index in [4.69, 9.17) is 9.97 Å². The van der Waals surface area contributed by atoms with E-state index in [1.165, 1.54) is 60.8 Å². The summed E-state index contributed by atoms with van der Waals surface area (Å²) >= 11 is 0. The van der Waals surface area contributed by atoms with E-state index in [1.54, 1.807) is 0 Å². The summed E-state index contributed by atoms with van der Waals surface area (Å²) in [5.41, 5.74) is 17.0. The average Bonchev–Trinajstić information content (AvgIpc) is 3.53. The van der Waals surface area contributed by atoms with Crippen molar-refractivity contribution in [1.82, 2.24) is 9.97 Å². The molecule has 0 fully saturated rings. The van der Waals surface area contributed by atoms with Crippen LogP contribution in [-0.2, 0) is 5.41 Å². The predicted molar refractivity (Wildman–Crippen MR) is 247 cm³/mol. The van der Waals surface area contributed by atoms with Gasteiger partial charge in [-0.05, 0) is 95.4 Å². The maximum Gasteiger partial charge on any atom is 0.161 e. The molecule has 2 heteroatoms. The monoisotopic (exact) mass is 752 g/mol. The van der Waals surface area contributed by atoms with Crippen molar-refractivity contribution in [3.05, 3.63) is 217 Å². The molecule has 0 atom stereocenters. The number of nitrogens with zero attached hydrogens (tertiary/aromatic N) is 2. The minimum Gasteiger partial charge on any atom is -0.228 e. The third kappa shape index (κ3) is 5.96.